The molecule has 5 aliphatic carbocycles. The Kier molecular flexibility index (Phi) is 16.7. The van der Waals surface area contributed by atoms with Crippen LogP contribution in [0, 0.1) is 41.4 Å². The van der Waals surface area contributed by atoms with Crippen LogP contribution in [-0.2, 0) is 51.7 Å². The first-order valence-corrected chi connectivity index (χ1v) is 36.3. The Morgan fingerprint density at radius 2 is 1.57 bits per heavy atom. The maximum atomic E-state index is 14.6. The lowest BCUT2D eigenvalue weighted by Crippen LogP contribution is -2.48. The first-order chi connectivity index (χ1) is 45.4. The van der Waals surface area contributed by atoms with Crippen molar-refractivity contribution in [1.82, 2.24) is 0 Å². The predicted molar refractivity (Wildman–Crippen MR) is 368 cm³/mol. The number of rotatable bonds is 9. The summed E-state index contributed by atoms with van der Waals surface area (Å²) in [5.41, 5.74) is 23.6. The number of aliphatic hydroxyl groups is 3. The summed E-state index contributed by atoms with van der Waals surface area (Å²) >= 11 is 0. The summed E-state index contributed by atoms with van der Waals surface area (Å²) in [7, 11) is -4.72. The molecule has 1 spiro atoms. The molecule has 2 saturated carbocycles. The molecule has 14 unspecified atom stereocenters. The van der Waals surface area contributed by atoms with Crippen LogP contribution >= 0.6 is 0 Å². The smallest absolute Gasteiger partial charge is 0.268 e. The van der Waals surface area contributed by atoms with Gasteiger partial charge in [0, 0.05) is 48.5 Å². The summed E-state index contributed by atoms with van der Waals surface area (Å²) in [5.74, 6) is 4.95. The van der Waals surface area contributed by atoms with Crippen LogP contribution in [0.2, 0.25) is 0 Å². The molecule has 5 heterocycles. The van der Waals surface area contributed by atoms with Gasteiger partial charge in [-0.2, -0.15) is 8.42 Å². The van der Waals surface area contributed by atoms with Crippen molar-refractivity contribution in [3.63, 3.8) is 0 Å². The van der Waals surface area contributed by atoms with E-state index in [-0.39, 0.29) is 72.3 Å². The van der Waals surface area contributed by atoms with Gasteiger partial charge in [0.05, 0.1) is 23.1 Å². The Morgan fingerprint density at radius 3 is 2.37 bits per heavy atom. The third-order valence-corrected chi connectivity index (χ3v) is 25.3. The SMILES string of the molecule is CC1CCc2cc3ccc2C1CC(S(=O)(=O)O)C1C=C2CC(CC4CC(CO)CC#Cc5cc(O)ccc5C2O4)C1c1ccc(cc1)C(CC(Cc1ccccc1)C1(O)CCCC(c2ccc4c(c2)CC2(CCCC2)c2ccc5ccccc5c2CC4O)C1)(N=C(N)N)O3. The van der Waals surface area contributed by atoms with Crippen LogP contribution in [0.3, 0.4) is 0 Å². The molecule has 488 valence electrons. The fourth-order valence-corrected chi connectivity index (χ4v) is 20.6. The molecular weight excluding hydrogens is 1190 g/mol. The highest BCUT2D eigenvalue weighted by atomic mass is 32.2. The summed E-state index contributed by atoms with van der Waals surface area (Å²) in [5, 5.41) is 49.2. The molecule has 94 heavy (non-hydrogen) atoms. The number of hydrogen-bond donors (Lipinski definition) is 7. The lowest BCUT2D eigenvalue weighted by atomic mass is 9.64. The van der Waals surface area contributed by atoms with Crippen molar-refractivity contribution in [3.05, 3.63) is 224 Å². The molecule has 13 heteroatoms. The van der Waals surface area contributed by atoms with Gasteiger partial charge in [-0.25, -0.2) is 4.99 Å². The molecule has 5 aliphatic heterocycles. The number of aromatic hydroxyl groups is 1. The molecule has 7 aromatic carbocycles. The van der Waals surface area contributed by atoms with Crippen molar-refractivity contribution in [2.45, 2.75) is 187 Å². The van der Waals surface area contributed by atoms with Crippen LogP contribution in [0.4, 0.5) is 0 Å². The Morgan fingerprint density at radius 1 is 0.798 bits per heavy atom. The predicted octanol–water partition coefficient (Wildman–Crippen LogP) is 14.3. The Balaban J connectivity index is 0.841. The first-order valence-electron chi connectivity index (χ1n) is 34.8. The zero-order valence-corrected chi connectivity index (χ0v) is 54.7. The fraction of sp³-hybridized carbons (Fsp3) is 0.444. The second-order valence-electron chi connectivity index (χ2n) is 29.7. The maximum Gasteiger partial charge on any atom is 0.268 e. The summed E-state index contributed by atoms with van der Waals surface area (Å²) in [6.45, 7) is 2.10. The molecule has 3 fully saturated rings. The van der Waals surface area contributed by atoms with Crippen LogP contribution in [0.1, 0.15) is 200 Å². The number of nitrogens with two attached hydrogens (primary N) is 2. The quantitative estimate of drug-likeness (QED) is 0.0237. The van der Waals surface area contributed by atoms with Crippen LogP contribution < -0.4 is 16.2 Å². The molecule has 0 radical (unpaired) electrons. The molecule has 10 bridgehead atoms. The van der Waals surface area contributed by atoms with Crippen molar-refractivity contribution in [3.8, 4) is 23.3 Å². The second kappa shape index (κ2) is 25.0. The molecular formula is C81H89N3O9S. The number of phenols is 1. The summed E-state index contributed by atoms with van der Waals surface area (Å²) in [6, 6.07) is 49.8. The highest BCUT2D eigenvalue weighted by Crippen LogP contribution is 2.57. The van der Waals surface area contributed by atoms with Crippen LogP contribution in [0.15, 0.2) is 162 Å². The number of phenolic OH excluding ortho intramolecular Hbond substituents is 1. The normalized spacial score (nSPS) is 30.4. The number of fused-ring (bicyclic) bond motifs is 14. The van der Waals surface area contributed by atoms with Crippen LogP contribution in [-0.4, -0.2) is 62.9 Å². The molecule has 0 aromatic heterocycles. The molecule has 17 rings (SSSR count). The van der Waals surface area contributed by atoms with E-state index < -0.39 is 56.7 Å². The largest absolute Gasteiger partial charge is 0.508 e. The van der Waals surface area contributed by atoms with Crippen LogP contribution in [0.25, 0.3) is 10.8 Å². The van der Waals surface area contributed by atoms with Gasteiger partial charge < -0.3 is 41.4 Å². The third-order valence-electron chi connectivity index (χ3n) is 24.0. The van der Waals surface area contributed by atoms with Gasteiger partial charge in [-0.05, 0) is 227 Å². The van der Waals surface area contributed by atoms with E-state index in [0.29, 0.717) is 68.2 Å². The highest BCUT2D eigenvalue weighted by molar-refractivity contribution is 7.86. The lowest BCUT2D eigenvalue weighted by molar-refractivity contribution is -0.0834. The Bertz CT molecular complexity index is 4260. The third kappa shape index (κ3) is 11.9. The number of allylic oxidation sites excluding steroid dienone is 1. The minimum atomic E-state index is -4.72. The van der Waals surface area contributed by atoms with Gasteiger partial charge in [0.2, 0.25) is 5.72 Å². The topological polar surface area (TPSA) is 218 Å². The van der Waals surface area contributed by atoms with Gasteiger partial charge in [0.1, 0.15) is 17.6 Å². The van der Waals surface area contributed by atoms with Crippen molar-refractivity contribution < 1.29 is 42.9 Å². The molecule has 12 nitrogen and oxygen atoms in total. The van der Waals surface area contributed by atoms with Crippen molar-refractivity contribution >= 4 is 26.9 Å². The van der Waals surface area contributed by atoms with E-state index in [9.17, 15) is 33.4 Å². The summed E-state index contributed by atoms with van der Waals surface area (Å²) in [4.78, 5) is 5.25. The van der Waals surface area contributed by atoms with E-state index in [0.717, 1.165) is 83.9 Å². The minimum absolute atomic E-state index is 0.0101. The Hall–Kier alpha value is -7.28. The number of aliphatic hydroxyl groups excluding tert-OH is 2. The van der Waals surface area contributed by atoms with Gasteiger partial charge >= 0.3 is 0 Å². The van der Waals surface area contributed by atoms with E-state index in [1.807, 2.05) is 42.5 Å². The minimum Gasteiger partial charge on any atom is -0.508 e. The van der Waals surface area contributed by atoms with E-state index >= 15 is 0 Å². The standard InChI is InChI=1S/C81H89N3O9S/c1-49-18-19-56-40-64-27-30-67(56)70(49)44-75(94(89,90)91)72-42-59-38-58(41-65-36-51(48-85)13-9-15-55-39-63(86)26-29-69(55)77(59)92-65)76(72)53-20-24-61(25-21-53)81(93-64,84-78(82)83)47-62(35-50-11-3-2-4-12-50)80(88)34-10-16-57(46-80)54-22-28-68-60(37-54)45-79(32-7-8-33-79)73-31-23-52-14-5-6-17-66(52)71(73)43-74(68)87/h2-6,11-12,14,17,20-31,37,39-40,42,49,51,57-58,62,65,70,72,74-77,85-88H,7-8,10,13,16,18-19,32-36,38,41,43-48H2,1H3,(H4,82,83,84)(H,89,90,91). The zero-order chi connectivity index (χ0) is 64.7. The molecule has 10 aliphatic rings. The van der Waals surface area contributed by atoms with Gasteiger partial charge in [0.15, 0.2) is 5.96 Å². The average Bonchev–Trinajstić information content (AvgIpc) is 1.31. The van der Waals surface area contributed by atoms with E-state index in [1.165, 1.54) is 45.9 Å². The van der Waals surface area contributed by atoms with Crippen molar-refractivity contribution in [2.75, 3.05) is 6.61 Å². The van der Waals surface area contributed by atoms with Crippen molar-refractivity contribution in [1.29, 1.82) is 0 Å². The summed E-state index contributed by atoms with van der Waals surface area (Å²) < 4.78 is 55.9. The lowest BCUT2D eigenvalue weighted by Gasteiger charge is -2.46. The fourth-order valence-electron chi connectivity index (χ4n) is 19.5. The second-order valence-corrected chi connectivity index (χ2v) is 31.3. The number of guanidine groups is 1. The number of aryl methyl sites for hydroxylation is 1. The average molecular weight is 1280 g/mol. The monoisotopic (exact) mass is 1280 g/mol. The molecule has 0 amide bonds. The highest BCUT2D eigenvalue weighted by Gasteiger charge is 2.52. The number of benzene rings is 7. The van der Waals surface area contributed by atoms with Gasteiger partial charge in [-0.1, -0.05) is 159 Å². The molecule has 1 saturated heterocycles. The van der Waals surface area contributed by atoms with Gasteiger partial charge in [0.25, 0.3) is 10.1 Å². The number of nitrogens with zero attached hydrogens (tertiary/aromatic N) is 1. The zero-order valence-electron chi connectivity index (χ0n) is 53.9. The molecule has 14 atom stereocenters. The molecule has 7 aromatic rings. The maximum absolute atomic E-state index is 14.6. The van der Waals surface area contributed by atoms with Gasteiger partial charge in [-0.15, -0.1) is 0 Å². The van der Waals surface area contributed by atoms with Gasteiger partial charge in [-0.3, -0.25) is 4.55 Å². The first kappa shape index (κ1) is 62.8. The van der Waals surface area contributed by atoms with E-state index in [4.69, 9.17) is 25.9 Å². The number of aliphatic imine (C=N–C) groups is 1. The van der Waals surface area contributed by atoms with E-state index in [1.54, 1.807) is 12.1 Å². The Labute approximate surface area is 553 Å². The summed E-state index contributed by atoms with van der Waals surface area (Å²) in [6.07, 6.45) is 13.6. The number of ether oxygens (including phenoxy) is 2. The molecule has 9 N–H and O–H groups in total. The van der Waals surface area contributed by atoms with Crippen molar-refractivity contribution in [2.24, 2.45) is 46.0 Å². The number of hydrogen-bond acceptors (Lipinski definition) is 9. The van der Waals surface area contributed by atoms with E-state index in [2.05, 4.69) is 116 Å². The van der Waals surface area contributed by atoms with Crippen LogP contribution in [0.5, 0.6) is 11.5 Å².